The van der Waals surface area contributed by atoms with E-state index in [9.17, 15) is 4.79 Å². The number of carbonyl (C=O) groups is 1. The summed E-state index contributed by atoms with van der Waals surface area (Å²) < 4.78 is 16.3. The van der Waals surface area contributed by atoms with E-state index in [0.717, 1.165) is 51.0 Å². The van der Waals surface area contributed by atoms with Crippen molar-refractivity contribution in [3.8, 4) is 11.1 Å². The normalized spacial score (nSPS) is 18.7. The van der Waals surface area contributed by atoms with Crippen LogP contribution >= 0.6 is 11.6 Å². The standard InChI is InChI=1S/C29H35ClFN7O/c1-18-16-38(15-14-37(18)2)23-13-12-22(24(31)26(23)36-28-25(32)27(30)33-17-34-28)19-8-10-21(11-9-19)35-29(39)20-6-4-3-5-7-20/h8-13,17-18,20H,3-7,14-16,32H2,1-2H3,(H,35,39)(H,33,34,36). The van der Waals surface area contributed by atoms with E-state index in [-0.39, 0.29) is 34.2 Å². The third-order valence-electron chi connectivity index (χ3n) is 7.94. The molecule has 39 heavy (non-hydrogen) atoms. The summed E-state index contributed by atoms with van der Waals surface area (Å²) in [7, 11) is 2.09. The first-order valence-corrected chi connectivity index (χ1v) is 13.9. The van der Waals surface area contributed by atoms with Crippen LogP contribution in [0.5, 0.6) is 0 Å². The van der Waals surface area contributed by atoms with Gasteiger partial charge in [0.1, 0.15) is 17.7 Å². The summed E-state index contributed by atoms with van der Waals surface area (Å²) in [5.74, 6) is -0.0495. The van der Waals surface area contributed by atoms with Crippen molar-refractivity contribution in [3.63, 3.8) is 0 Å². The van der Waals surface area contributed by atoms with Crippen LogP contribution in [-0.4, -0.2) is 53.5 Å². The predicted molar refractivity (Wildman–Crippen MR) is 156 cm³/mol. The van der Waals surface area contributed by atoms with Crippen molar-refractivity contribution in [2.75, 3.05) is 47.9 Å². The van der Waals surface area contributed by atoms with Gasteiger partial charge in [-0.3, -0.25) is 4.79 Å². The summed E-state index contributed by atoms with van der Waals surface area (Å²) in [4.78, 5) is 25.2. The number of nitrogens with one attached hydrogen (secondary N) is 2. The lowest BCUT2D eigenvalue weighted by Gasteiger charge is -2.39. The van der Waals surface area contributed by atoms with Crippen molar-refractivity contribution in [2.45, 2.75) is 45.1 Å². The molecule has 1 aliphatic carbocycles. The summed E-state index contributed by atoms with van der Waals surface area (Å²) in [5.41, 5.74) is 9.09. The summed E-state index contributed by atoms with van der Waals surface area (Å²) in [6.45, 7) is 4.52. The highest BCUT2D eigenvalue weighted by Crippen LogP contribution is 2.39. The molecule has 0 radical (unpaired) electrons. The van der Waals surface area contributed by atoms with Gasteiger partial charge in [-0.2, -0.15) is 0 Å². The zero-order valence-corrected chi connectivity index (χ0v) is 23.1. The van der Waals surface area contributed by atoms with Gasteiger partial charge in [0.2, 0.25) is 5.91 Å². The van der Waals surface area contributed by atoms with Gasteiger partial charge in [-0.05, 0) is 56.6 Å². The number of amides is 1. The molecule has 1 aliphatic heterocycles. The van der Waals surface area contributed by atoms with E-state index in [2.05, 4.69) is 44.4 Å². The van der Waals surface area contributed by atoms with Gasteiger partial charge in [-0.25, -0.2) is 14.4 Å². The van der Waals surface area contributed by atoms with Crippen molar-refractivity contribution in [1.82, 2.24) is 14.9 Å². The van der Waals surface area contributed by atoms with Crippen molar-refractivity contribution >= 4 is 46.1 Å². The fraction of sp³-hybridized carbons (Fsp3) is 0.414. The molecule has 3 aromatic rings. The number of benzene rings is 2. The first kappa shape index (κ1) is 27.1. The number of nitrogens with zero attached hydrogens (tertiary/aromatic N) is 4. The maximum Gasteiger partial charge on any atom is 0.227 e. The van der Waals surface area contributed by atoms with Crippen LogP contribution in [0.25, 0.3) is 11.1 Å². The lowest BCUT2D eigenvalue weighted by Crippen LogP contribution is -2.50. The van der Waals surface area contributed by atoms with Gasteiger partial charge in [0, 0.05) is 42.8 Å². The van der Waals surface area contributed by atoms with E-state index in [4.69, 9.17) is 17.3 Å². The second-order valence-corrected chi connectivity index (χ2v) is 10.9. The van der Waals surface area contributed by atoms with E-state index >= 15 is 4.39 Å². The van der Waals surface area contributed by atoms with Gasteiger partial charge < -0.3 is 26.2 Å². The Hall–Kier alpha value is -3.43. The molecule has 1 saturated carbocycles. The molecule has 2 aliphatic rings. The molecule has 1 unspecified atom stereocenters. The minimum Gasteiger partial charge on any atom is -0.393 e. The Morgan fingerprint density at radius 1 is 1.08 bits per heavy atom. The van der Waals surface area contributed by atoms with Gasteiger partial charge in [0.05, 0.1) is 5.69 Å². The molecular weight excluding hydrogens is 517 g/mol. The van der Waals surface area contributed by atoms with E-state index < -0.39 is 5.82 Å². The lowest BCUT2D eigenvalue weighted by molar-refractivity contribution is -0.120. The number of nitrogen functional groups attached to an aromatic ring is 1. The van der Waals surface area contributed by atoms with E-state index in [1.165, 1.54) is 12.7 Å². The van der Waals surface area contributed by atoms with Gasteiger partial charge in [-0.15, -0.1) is 0 Å². The average molecular weight is 552 g/mol. The number of rotatable bonds is 6. The molecule has 0 spiro atoms. The maximum atomic E-state index is 16.3. The van der Waals surface area contributed by atoms with Gasteiger partial charge in [-0.1, -0.05) is 43.0 Å². The van der Waals surface area contributed by atoms with Crippen molar-refractivity contribution in [1.29, 1.82) is 0 Å². The van der Waals surface area contributed by atoms with Gasteiger partial charge in [0.25, 0.3) is 0 Å². The largest absolute Gasteiger partial charge is 0.393 e. The number of piperazine rings is 1. The topological polar surface area (TPSA) is 99.4 Å². The number of hydrogen-bond acceptors (Lipinski definition) is 7. The van der Waals surface area contributed by atoms with Crippen LogP contribution in [0.3, 0.4) is 0 Å². The second kappa shape index (κ2) is 11.8. The molecule has 1 saturated heterocycles. The molecule has 8 nitrogen and oxygen atoms in total. The summed E-state index contributed by atoms with van der Waals surface area (Å²) in [6, 6.07) is 11.3. The molecule has 1 amide bonds. The Bertz CT molecular complexity index is 1330. The highest BCUT2D eigenvalue weighted by atomic mass is 35.5. The molecule has 10 heteroatoms. The summed E-state index contributed by atoms with van der Waals surface area (Å²) in [6.07, 6.45) is 6.56. The fourth-order valence-corrected chi connectivity index (χ4v) is 5.51. The third kappa shape index (κ3) is 5.94. The van der Waals surface area contributed by atoms with Crippen LogP contribution in [0.1, 0.15) is 39.0 Å². The van der Waals surface area contributed by atoms with Crippen LogP contribution in [0.4, 0.5) is 33.0 Å². The Balaban J connectivity index is 1.45. The van der Waals surface area contributed by atoms with Crippen LogP contribution in [-0.2, 0) is 4.79 Å². The molecular formula is C29H35ClFN7O. The van der Waals surface area contributed by atoms with Crippen molar-refractivity contribution in [2.24, 2.45) is 5.92 Å². The Kier molecular flexibility index (Phi) is 8.18. The second-order valence-electron chi connectivity index (χ2n) is 10.6. The molecule has 2 aromatic carbocycles. The van der Waals surface area contributed by atoms with E-state index in [1.54, 1.807) is 6.07 Å². The van der Waals surface area contributed by atoms with E-state index in [0.29, 0.717) is 22.9 Å². The molecule has 2 heterocycles. The minimum absolute atomic E-state index is 0.0620. The van der Waals surface area contributed by atoms with Gasteiger partial charge in [0.15, 0.2) is 16.8 Å². The zero-order chi connectivity index (χ0) is 27.5. The summed E-state index contributed by atoms with van der Waals surface area (Å²) in [5, 5.41) is 6.24. The van der Waals surface area contributed by atoms with E-state index in [1.807, 2.05) is 30.3 Å². The Morgan fingerprint density at radius 2 is 1.82 bits per heavy atom. The van der Waals surface area contributed by atoms with Crippen LogP contribution in [0.2, 0.25) is 5.15 Å². The number of aromatic nitrogens is 2. The molecule has 1 aromatic heterocycles. The summed E-state index contributed by atoms with van der Waals surface area (Å²) >= 11 is 6.12. The maximum absolute atomic E-state index is 16.3. The molecule has 0 bridgehead atoms. The molecule has 5 rings (SSSR count). The molecule has 1 atom stereocenters. The lowest BCUT2D eigenvalue weighted by atomic mass is 9.88. The quantitative estimate of drug-likeness (QED) is 0.327. The number of hydrogen-bond donors (Lipinski definition) is 3. The van der Waals surface area contributed by atoms with Crippen molar-refractivity contribution in [3.05, 3.63) is 53.7 Å². The van der Waals surface area contributed by atoms with Crippen LogP contribution in [0, 0.1) is 11.7 Å². The van der Waals surface area contributed by atoms with Gasteiger partial charge >= 0.3 is 0 Å². The molecule has 4 N–H and O–H groups in total. The Labute approximate surface area is 233 Å². The SMILES string of the molecule is CC1CN(c2ccc(-c3ccc(NC(=O)C4CCCCC4)cc3)c(F)c2Nc2ncnc(Cl)c2N)CCN1C. The number of nitrogens with two attached hydrogens (primary N) is 1. The van der Waals surface area contributed by atoms with Crippen LogP contribution in [0.15, 0.2) is 42.7 Å². The third-order valence-corrected chi connectivity index (χ3v) is 8.24. The van der Waals surface area contributed by atoms with Crippen molar-refractivity contribution < 1.29 is 9.18 Å². The van der Waals surface area contributed by atoms with Crippen LogP contribution < -0.4 is 21.3 Å². The number of likely N-dealkylation sites (N-methyl/N-ethyl adjacent to an activating group) is 1. The fourth-order valence-electron chi connectivity index (χ4n) is 5.37. The molecule has 206 valence electrons. The predicted octanol–water partition coefficient (Wildman–Crippen LogP) is 5.92. The Morgan fingerprint density at radius 3 is 2.54 bits per heavy atom. The first-order chi connectivity index (χ1) is 18.8. The molecule has 2 fully saturated rings. The number of halogens is 2. The minimum atomic E-state index is -0.424. The highest BCUT2D eigenvalue weighted by molar-refractivity contribution is 6.32. The highest BCUT2D eigenvalue weighted by Gasteiger charge is 2.26. The smallest absolute Gasteiger partial charge is 0.227 e. The number of carbonyl (C=O) groups excluding carboxylic acids is 1. The number of anilines is 5. The average Bonchev–Trinajstić information content (AvgIpc) is 2.95. The zero-order valence-electron chi connectivity index (χ0n) is 22.4. The first-order valence-electron chi connectivity index (χ1n) is 13.5. The monoisotopic (exact) mass is 551 g/mol.